The molecule has 0 saturated heterocycles. The van der Waals surface area contributed by atoms with E-state index >= 15 is 0 Å². The molecule has 0 radical (unpaired) electrons. The fourth-order valence-electron chi connectivity index (χ4n) is 3.64. The van der Waals surface area contributed by atoms with E-state index < -0.39 is 15.6 Å². The SMILES string of the molecule is CCN(CC)S(=O)(=O)c1cccc(-n2c(O)c(C=NCCN(C)C)c3ccccc3c2=O)c1. The van der Waals surface area contributed by atoms with Crippen molar-refractivity contribution in [3.8, 4) is 11.6 Å². The maximum absolute atomic E-state index is 13.3. The maximum atomic E-state index is 13.3. The molecule has 0 aliphatic heterocycles. The van der Waals surface area contributed by atoms with E-state index in [2.05, 4.69) is 4.99 Å². The van der Waals surface area contributed by atoms with Crippen LogP contribution in [-0.2, 0) is 10.0 Å². The molecule has 0 aliphatic carbocycles. The molecule has 0 fully saturated rings. The fourth-order valence-corrected chi connectivity index (χ4v) is 5.14. The van der Waals surface area contributed by atoms with Crippen LogP contribution in [0.2, 0.25) is 0 Å². The van der Waals surface area contributed by atoms with Gasteiger partial charge in [0.25, 0.3) is 5.56 Å². The second kappa shape index (κ2) is 10.3. The second-order valence-corrected chi connectivity index (χ2v) is 9.79. The van der Waals surface area contributed by atoms with Gasteiger partial charge in [-0.2, -0.15) is 4.31 Å². The van der Waals surface area contributed by atoms with Gasteiger partial charge in [0.1, 0.15) is 0 Å². The first-order valence-corrected chi connectivity index (χ1v) is 12.3. The molecule has 3 aromatic rings. The zero-order valence-corrected chi connectivity index (χ0v) is 20.2. The Morgan fingerprint density at radius 3 is 2.33 bits per heavy atom. The highest BCUT2D eigenvalue weighted by Crippen LogP contribution is 2.27. The average molecular weight is 471 g/mol. The molecule has 33 heavy (non-hydrogen) atoms. The number of hydrogen-bond donors (Lipinski definition) is 1. The molecule has 2 aromatic carbocycles. The standard InChI is InChI=1S/C24H30N4O4S/c1-5-27(6-2)33(31,32)19-11-9-10-18(16-19)28-23(29)21-13-8-7-12-20(21)22(24(28)30)17-25-14-15-26(3)4/h7-13,16-17,30H,5-6,14-15H2,1-4H3. The van der Waals surface area contributed by atoms with Crippen molar-refractivity contribution in [2.75, 3.05) is 40.3 Å². The van der Waals surface area contributed by atoms with Crippen LogP contribution in [0, 0.1) is 0 Å². The van der Waals surface area contributed by atoms with Gasteiger partial charge in [-0.25, -0.2) is 13.0 Å². The fraction of sp³-hybridized carbons (Fsp3) is 0.333. The molecule has 9 heteroatoms. The lowest BCUT2D eigenvalue weighted by Gasteiger charge is -2.19. The molecule has 8 nitrogen and oxygen atoms in total. The Kier molecular flexibility index (Phi) is 7.68. The third-order valence-electron chi connectivity index (χ3n) is 5.42. The number of hydrogen-bond acceptors (Lipinski definition) is 6. The van der Waals surface area contributed by atoms with Crippen molar-refractivity contribution in [2.24, 2.45) is 4.99 Å². The largest absolute Gasteiger partial charge is 0.494 e. The minimum atomic E-state index is -3.73. The molecule has 0 atom stereocenters. The number of aromatic hydroxyl groups is 1. The van der Waals surface area contributed by atoms with Gasteiger partial charge in [0.05, 0.1) is 22.7 Å². The molecular formula is C24H30N4O4S. The van der Waals surface area contributed by atoms with Crippen molar-refractivity contribution < 1.29 is 13.5 Å². The Morgan fingerprint density at radius 1 is 1.03 bits per heavy atom. The Balaban J connectivity index is 2.21. The molecule has 0 spiro atoms. The topological polar surface area (TPSA) is 95.2 Å². The predicted molar refractivity (Wildman–Crippen MR) is 132 cm³/mol. The lowest BCUT2D eigenvalue weighted by atomic mass is 10.1. The molecule has 0 saturated carbocycles. The Bertz CT molecular complexity index is 1330. The smallest absolute Gasteiger partial charge is 0.265 e. The summed E-state index contributed by atoms with van der Waals surface area (Å²) in [5.41, 5.74) is 0.228. The summed E-state index contributed by atoms with van der Waals surface area (Å²) in [4.78, 5) is 19.8. The van der Waals surface area contributed by atoms with Gasteiger partial charge in [-0.15, -0.1) is 0 Å². The Hall–Kier alpha value is -3.01. The first-order chi connectivity index (χ1) is 15.7. The average Bonchev–Trinajstić information content (AvgIpc) is 2.79. The summed E-state index contributed by atoms with van der Waals surface area (Å²) in [6.07, 6.45) is 1.56. The number of aromatic nitrogens is 1. The number of pyridine rings is 1. The summed E-state index contributed by atoms with van der Waals surface area (Å²) in [5, 5.41) is 12.1. The number of benzene rings is 2. The van der Waals surface area contributed by atoms with Crippen molar-refractivity contribution in [1.29, 1.82) is 0 Å². The van der Waals surface area contributed by atoms with E-state index in [1.54, 1.807) is 56.5 Å². The van der Waals surface area contributed by atoms with Crippen LogP contribution in [0.5, 0.6) is 5.88 Å². The molecule has 3 rings (SSSR count). The zero-order valence-electron chi connectivity index (χ0n) is 19.4. The normalized spacial score (nSPS) is 12.4. The molecule has 0 aliphatic rings. The van der Waals surface area contributed by atoms with Gasteiger partial charge in [-0.05, 0) is 38.4 Å². The summed E-state index contributed by atoms with van der Waals surface area (Å²) in [7, 11) is 0.162. The van der Waals surface area contributed by atoms with Crippen LogP contribution in [0.4, 0.5) is 0 Å². The highest BCUT2D eigenvalue weighted by atomic mass is 32.2. The zero-order chi connectivity index (χ0) is 24.2. The number of fused-ring (bicyclic) bond motifs is 1. The van der Waals surface area contributed by atoms with Crippen molar-refractivity contribution >= 4 is 27.0 Å². The van der Waals surface area contributed by atoms with Crippen LogP contribution < -0.4 is 5.56 Å². The predicted octanol–water partition coefficient (Wildman–Crippen LogP) is 2.71. The third-order valence-corrected chi connectivity index (χ3v) is 7.47. The second-order valence-electron chi connectivity index (χ2n) is 7.85. The van der Waals surface area contributed by atoms with Crippen LogP contribution in [0.3, 0.4) is 0 Å². The molecule has 176 valence electrons. The first kappa shape index (κ1) is 24.6. The van der Waals surface area contributed by atoms with E-state index in [0.29, 0.717) is 36.0 Å². The number of rotatable bonds is 9. The van der Waals surface area contributed by atoms with Crippen LogP contribution in [-0.4, -0.2) is 73.8 Å². The molecule has 1 heterocycles. The van der Waals surface area contributed by atoms with E-state index in [1.165, 1.54) is 16.4 Å². The summed E-state index contributed by atoms with van der Waals surface area (Å²) in [6, 6.07) is 13.1. The van der Waals surface area contributed by atoms with Gasteiger partial charge in [0, 0.05) is 36.6 Å². The van der Waals surface area contributed by atoms with Gasteiger partial charge >= 0.3 is 0 Å². The summed E-state index contributed by atoms with van der Waals surface area (Å²) < 4.78 is 28.5. The van der Waals surface area contributed by atoms with E-state index in [0.717, 1.165) is 11.1 Å². The monoisotopic (exact) mass is 470 g/mol. The van der Waals surface area contributed by atoms with Crippen LogP contribution in [0.25, 0.3) is 16.5 Å². The van der Waals surface area contributed by atoms with Crippen LogP contribution >= 0.6 is 0 Å². The lowest BCUT2D eigenvalue weighted by molar-refractivity contribution is 0.420. The molecule has 0 unspecified atom stereocenters. The van der Waals surface area contributed by atoms with E-state index in [-0.39, 0.29) is 16.5 Å². The van der Waals surface area contributed by atoms with Crippen LogP contribution in [0.15, 0.2) is 63.2 Å². The van der Waals surface area contributed by atoms with Gasteiger partial charge < -0.3 is 10.0 Å². The number of sulfonamides is 1. The number of nitrogens with zero attached hydrogens (tertiary/aromatic N) is 4. The Morgan fingerprint density at radius 2 is 1.70 bits per heavy atom. The van der Waals surface area contributed by atoms with Gasteiger partial charge in [-0.3, -0.25) is 9.79 Å². The van der Waals surface area contributed by atoms with E-state index in [4.69, 9.17) is 0 Å². The van der Waals surface area contributed by atoms with Gasteiger partial charge in [-0.1, -0.05) is 38.1 Å². The van der Waals surface area contributed by atoms with Crippen molar-refractivity contribution in [1.82, 2.24) is 13.8 Å². The summed E-state index contributed by atoms with van der Waals surface area (Å²) in [5.74, 6) is -0.287. The summed E-state index contributed by atoms with van der Waals surface area (Å²) >= 11 is 0. The van der Waals surface area contributed by atoms with E-state index in [9.17, 15) is 18.3 Å². The summed E-state index contributed by atoms with van der Waals surface area (Å²) in [6.45, 7) is 5.46. The first-order valence-electron chi connectivity index (χ1n) is 10.8. The van der Waals surface area contributed by atoms with Crippen molar-refractivity contribution in [3.63, 3.8) is 0 Å². The number of likely N-dealkylation sites (N-methyl/N-ethyl adjacent to an activating group) is 1. The lowest BCUT2D eigenvalue weighted by Crippen LogP contribution is -2.30. The minimum Gasteiger partial charge on any atom is -0.494 e. The third kappa shape index (κ3) is 5.00. The molecule has 0 bridgehead atoms. The molecular weight excluding hydrogens is 440 g/mol. The van der Waals surface area contributed by atoms with Gasteiger partial charge in [0.2, 0.25) is 15.9 Å². The quantitative estimate of drug-likeness (QED) is 0.485. The highest BCUT2D eigenvalue weighted by molar-refractivity contribution is 7.89. The minimum absolute atomic E-state index is 0.0596. The Labute approximate surface area is 194 Å². The number of aliphatic imine (C=N–C) groups is 1. The molecule has 1 aromatic heterocycles. The molecule has 0 amide bonds. The van der Waals surface area contributed by atoms with Gasteiger partial charge in [0.15, 0.2) is 0 Å². The van der Waals surface area contributed by atoms with E-state index in [1.807, 2.05) is 19.0 Å². The van der Waals surface area contributed by atoms with Crippen LogP contribution in [0.1, 0.15) is 19.4 Å². The molecule has 1 N–H and O–H groups in total. The maximum Gasteiger partial charge on any atom is 0.265 e. The van der Waals surface area contributed by atoms with Crippen molar-refractivity contribution in [3.05, 3.63) is 64.4 Å². The highest BCUT2D eigenvalue weighted by Gasteiger charge is 2.23. The van der Waals surface area contributed by atoms with Crippen molar-refractivity contribution in [2.45, 2.75) is 18.7 Å².